The fourth-order valence-electron chi connectivity index (χ4n) is 7.05. The average Bonchev–Trinajstić information content (AvgIpc) is 2.99. The van der Waals surface area contributed by atoms with Gasteiger partial charge in [0.25, 0.3) is 0 Å². The topological polar surface area (TPSA) is 202 Å². The average molecular weight is 633 g/mol. The Hall–Kier alpha value is -3.14. The Morgan fingerprint density at radius 2 is 1.58 bits per heavy atom. The van der Waals surface area contributed by atoms with Gasteiger partial charge in [-0.1, -0.05) is 13.0 Å². The lowest BCUT2D eigenvalue weighted by molar-refractivity contribution is -0.349. The van der Waals surface area contributed by atoms with Crippen molar-refractivity contribution in [3.8, 4) is 17.2 Å². The van der Waals surface area contributed by atoms with Crippen LogP contribution in [0.2, 0.25) is 0 Å². The molecule has 1 heterocycles. The summed E-state index contributed by atoms with van der Waals surface area (Å²) in [6, 6.07) is 2.74. The Kier molecular flexibility index (Phi) is 8.55. The Balaban J connectivity index is 1.72. The van der Waals surface area contributed by atoms with Crippen molar-refractivity contribution in [3.63, 3.8) is 0 Å². The van der Waals surface area contributed by atoms with Crippen LogP contribution >= 0.6 is 0 Å². The third-order valence-corrected chi connectivity index (χ3v) is 9.66. The lowest BCUT2D eigenvalue weighted by atomic mass is 9.72. The molecule has 0 bridgehead atoms. The van der Waals surface area contributed by atoms with Gasteiger partial charge in [-0.15, -0.1) is 0 Å². The molecule has 2 aromatic carbocycles. The van der Waals surface area contributed by atoms with Gasteiger partial charge in [0.05, 0.1) is 28.4 Å². The number of phenols is 3. The minimum absolute atomic E-state index is 0.0544. The van der Waals surface area contributed by atoms with Crippen molar-refractivity contribution in [1.82, 2.24) is 0 Å². The van der Waals surface area contributed by atoms with Crippen LogP contribution < -0.4 is 0 Å². The Morgan fingerprint density at radius 3 is 2.16 bits per heavy atom. The Morgan fingerprint density at radius 1 is 0.956 bits per heavy atom. The highest BCUT2D eigenvalue weighted by Gasteiger charge is 2.57. The first-order valence-electron chi connectivity index (χ1n) is 14.6. The van der Waals surface area contributed by atoms with Crippen LogP contribution in [0.15, 0.2) is 12.1 Å². The van der Waals surface area contributed by atoms with Crippen molar-refractivity contribution in [3.05, 3.63) is 51.1 Å². The van der Waals surface area contributed by atoms with Crippen LogP contribution in [0.25, 0.3) is 0 Å². The number of aliphatic hydroxyl groups is 3. The highest BCUT2D eigenvalue weighted by molar-refractivity contribution is 6.31. The minimum atomic E-state index is -1.73. The second-order valence-corrected chi connectivity index (χ2v) is 12.5. The molecule has 45 heavy (non-hydrogen) atoms. The van der Waals surface area contributed by atoms with E-state index in [1.807, 2.05) is 0 Å². The SMILES string of the molecule is CO[C@@H]1[C@H](O[C@@H]2O[C@@H](C)[C@H](O)[C@@](C)(OC)[C@H]2OC)c2c(O)c3c(c(O)c2C[C@@]1(C)O)C(=O)c1ccc(C(C)CO)c(O)c1C3=O. The van der Waals surface area contributed by atoms with E-state index in [0.717, 1.165) is 0 Å². The summed E-state index contributed by atoms with van der Waals surface area (Å²) in [6.45, 7) is 5.92. The smallest absolute Gasteiger partial charge is 0.202 e. The number of aliphatic hydroxyl groups excluding tert-OH is 2. The van der Waals surface area contributed by atoms with Crippen molar-refractivity contribution in [2.24, 2.45) is 0 Å². The molecule has 246 valence electrons. The predicted molar refractivity (Wildman–Crippen MR) is 156 cm³/mol. The first-order chi connectivity index (χ1) is 21.1. The van der Waals surface area contributed by atoms with Crippen LogP contribution in [-0.4, -0.2) is 112 Å². The number of aromatic hydroxyl groups is 3. The highest BCUT2D eigenvalue weighted by atomic mass is 16.7. The summed E-state index contributed by atoms with van der Waals surface area (Å²) in [7, 11) is 4.06. The van der Waals surface area contributed by atoms with Crippen molar-refractivity contribution < 1.29 is 63.9 Å². The number of hydrogen-bond acceptors (Lipinski definition) is 13. The number of carbonyl (C=O) groups excluding carboxylic acids is 2. The van der Waals surface area contributed by atoms with Gasteiger partial charge < -0.3 is 54.3 Å². The molecule has 0 saturated carbocycles. The van der Waals surface area contributed by atoms with Gasteiger partial charge in [-0.2, -0.15) is 0 Å². The molecule has 6 N–H and O–H groups in total. The van der Waals surface area contributed by atoms with Crippen molar-refractivity contribution in [2.75, 3.05) is 27.9 Å². The fraction of sp³-hybridized carbons (Fsp3) is 0.562. The molecule has 13 heteroatoms. The van der Waals surface area contributed by atoms with Gasteiger partial charge in [-0.25, -0.2) is 0 Å². The number of fused-ring (bicyclic) bond motifs is 3. The van der Waals surface area contributed by atoms with Gasteiger partial charge in [0.1, 0.15) is 47.3 Å². The summed E-state index contributed by atoms with van der Waals surface area (Å²) in [4.78, 5) is 27.8. The molecule has 13 nitrogen and oxygen atoms in total. The maximum absolute atomic E-state index is 14.0. The fourth-order valence-corrected chi connectivity index (χ4v) is 7.05. The van der Waals surface area contributed by atoms with Crippen molar-refractivity contribution in [1.29, 1.82) is 0 Å². The molecule has 5 rings (SSSR count). The molecule has 0 radical (unpaired) electrons. The van der Waals surface area contributed by atoms with Gasteiger partial charge in [0.15, 0.2) is 12.1 Å². The molecule has 1 aliphatic heterocycles. The molecule has 1 fully saturated rings. The standard InChI is InChI=1S/C32H40O13/c1-12(11-33)14-8-9-15-17(21(14)34)24(37)20-19(22(15)35)23(36)16-10-31(3,40)28(41-5)26(18(16)25(20)38)45-30-29(42-6)32(4,43-7)27(39)13(2)44-30/h8-9,12-13,26-30,33-34,36,38-40H,10-11H2,1-7H3/t12?,13-,26+,27-,28+,29-,30-,31+,32+/m0/s1. The quantitative estimate of drug-likeness (QED) is 0.205. The summed E-state index contributed by atoms with van der Waals surface area (Å²) in [6.07, 6.45) is -7.22. The largest absolute Gasteiger partial charge is 0.507 e. The molecule has 9 atom stereocenters. The first-order valence-corrected chi connectivity index (χ1v) is 14.6. The van der Waals surface area contributed by atoms with E-state index in [4.69, 9.17) is 23.7 Å². The Labute approximate surface area is 259 Å². The molecular formula is C32H40O13. The minimum Gasteiger partial charge on any atom is -0.507 e. The van der Waals surface area contributed by atoms with Crippen LogP contribution in [0.1, 0.15) is 88.3 Å². The van der Waals surface area contributed by atoms with Crippen LogP contribution in [0.4, 0.5) is 0 Å². The second kappa shape index (κ2) is 11.6. The number of hydrogen-bond donors (Lipinski definition) is 6. The predicted octanol–water partition coefficient (Wildman–Crippen LogP) is 1.58. The van der Waals surface area contributed by atoms with Gasteiger partial charge in [-0.05, 0) is 32.4 Å². The van der Waals surface area contributed by atoms with E-state index in [-0.39, 0.29) is 40.8 Å². The summed E-state index contributed by atoms with van der Waals surface area (Å²) < 4.78 is 29.3. The lowest BCUT2D eigenvalue weighted by Crippen LogP contribution is -2.66. The van der Waals surface area contributed by atoms with E-state index >= 15 is 0 Å². The third-order valence-electron chi connectivity index (χ3n) is 9.66. The van der Waals surface area contributed by atoms with Gasteiger partial charge in [0.2, 0.25) is 5.78 Å². The van der Waals surface area contributed by atoms with Gasteiger partial charge in [-0.3, -0.25) is 9.59 Å². The first kappa shape index (κ1) is 33.2. The van der Waals surface area contributed by atoms with E-state index < -0.39 is 93.9 Å². The number of ketones is 2. The molecule has 0 aromatic heterocycles. The van der Waals surface area contributed by atoms with Crippen LogP contribution in [0.5, 0.6) is 17.2 Å². The molecule has 0 amide bonds. The zero-order valence-corrected chi connectivity index (χ0v) is 26.2. The van der Waals surface area contributed by atoms with Crippen molar-refractivity contribution in [2.45, 2.75) is 88.0 Å². The maximum Gasteiger partial charge on any atom is 0.202 e. The number of rotatable bonds is 7. The monoisotopic (exact) mass is 632 g/mol. The van der Waals surface area contributed by atoms with Crippen LogP contribution in [-0.2, 0) is 30.1 Å². The summed E-state index contributed by atoms with van der Waals surface area (Å²) >= 11 is 0. The zero-order valence-electron chi connectivity index (χ0n) is 26.2. The van der Waals surface area contributed by atoms with Gasteiger partial charge >= 0.3 is 0 Å². The number of carbonyl (C=O) groups is 2. The molecule has 1 unspecified atom stereocenters. The zero-order chi connectivity index (χ0) is 33.3. The van der Waals surface area contributed by atoms with E-state index in [9.17, 15) is 40.2 Å². The van der Waals surface area contributed by atoms with Crippen LogP contribution in [0.3, 0.4) is 0 Å². The Bertz CT molecular complexity index is 1530. The number of phenolic OH excluding ortho intramolecular Hbond substituents is 3. The summed E-state index contributed by atoms with van der Waals surface area (Å²) in [5, 5.41) is 66.5. The van der Waals surface area contributed by atoms with E-state index in [1.165, 1.54) is 40.4 Å². The van der Waals surface area contributed by atoms with E-state index in [0.29, 0.717) is 0 Å². The molecular weight excluding hydrogens is 592 g/mol. The van der Waals surface area contributed by atoms with Crippen LogP contribution in [0, 0.1) is 0 Å². The molecule has 0 spiro atoms. The molecule has 1 saturated heterocycles. The summed E-state index contributed by atoms with van der Waals surface area (Å²) in [5.74, 6) is -4.21. The van der Waals surface area contributed by atoms with Gasteiger partial charge in [0, 0.05) is 57.0 Å². The van der Waals surface area contributed by atoms with E-state index in [2.05, 4.69) is 0 Å². The maximum atomic E-state index is 14.0. The number of methoxy groups -OCH3 is 3. The number of ether oxygens (including phenoxy) is 5. The lowest BCUT2D eigenvalue weighted by Gasteiger charge is -2.51. The highest BCUT2D eigenvalue weighted by Crippen LogP contribution is 2.53. The molecule has 3 aliphatic rings. The molecule has 2 aromatic rings. The number of benzene rings is 2. The van der Waals surface area contributed by atoms with Crippen molar-refractivity contribution >= 4 is 11.6 Å². The summed E-state index contributed by atoms with van der Waals surface area (Å²) in [5.41, 5.74) is -4.64. The van der Waals surface area contributed by atoms with E-state index in [1.54, 1.807) is 20.8 Å². The third kappa shape index (κ3) is 4.76. The molecule has 2 aliphatic carbocycles. The second-order valence-electron chi connectivity index (χ2n) is 12.5. The normalized spacial score (nSPS) is 33.4.